The van der Waals surface area contributed by atoms with Crippen LogP contribution in [0.4, 0.5) is 0 Å². The zero-order valence-corrected chi connectivity index (χ0v) is 16.1. The molecule has 0 bridgehead atoms. The summed E-state index contributed by atoms with van der Waals surface area (Å²) in [7, 11) is 4.07. The zero-order chi connectivity index (χ0) is 17.5. The standard InChI is InChI=1S/C22H34N/c1-18(10-8-11-19(2)15-17-23(6)7)13-14-21-20(3)12-9-16-22(21,4)5/h8,10-11,13-15,17H,9,12,16H2,1-7H3/q+1/b11-8+,14-13+,18-10+,19-15+. The molecule has 0 unspecified atom stereocenters. The van der Waals surface area contributed by atoms with E-state index in [-0.39, 0.29) is 0 Å². The summed E-state index contributed by atoms with van der Waals surface area (Å²) in [4.78, 5) is 0. The lowest BCUT2D eigenvalue weighted by molar-refractivity contribution is -0.458. The molecular weight excluding hydrogens is 278 g/mol. The molecule has 1 heteroatoms. The third-order valence-corrected chi connectivity index (χ3v) is 4.41. The highest BCUT2D eigenvalue weighted by atomic mass is 14.9. The quantitative estimate of drug-likeness (QED) is 0.340. The Hall–Kier alpha value is -1.63. The molecule has 0 aromatic rings. The Morgan fingerprint density at radius 3 is 2.30 bits per heavy atom. The van der Waals surface area contributed by atoms with Gasteiger partial charge in [0.05, 0.1) is 0 Å². The van der Waals surface area contributed by atoms with Crippen LogP contribution in [0, 0.1) is 5.41 Å². The molecule has 0 heterocycles. The number of hydrogen-bond acceptors (Lipinski definition) is 0. The van der Waals surface area contributed by atoms with Gasteiger partial charge in [0.2, 0.25) is 0 Å². The summed E-state index contributed by atoms with van der Waals surface area (Å²) < 4.78 is 2.04. The molecule has 1 nitrogen and oxygen atoms in total. The Morgan fingerprint density at radius 2 is 1.70 bits per heavy atom. The van der Waals surface area contributed by atoms with Crippen molar-refractivity contribution in [3.05, 3.63) is 58.7 Å². The minimum absolute atomic E-state index is 0.316. The molecule has 126 valence electrons. The highest BCUT2D eigenvalue weighted by molar-refractivity contribution is 5.68. The average Bonchev–Trinajstić information content (AvgIpc) is 2.44. The molecule has 0 radical (unpaired) electrons. The van der Waals surface area contributed by atoms with E-state index in [1.807, 2.05) is 18.7 Å². The highest BCUT2D eigenvalue weighted by Crippen LogP contribution is 2.40. The van der Waals surface area contributed by atoms with Gasteiger partial charge in [0.25, 0.3) is 0 Å². The minimum Gasteiger partial charge on any atom is -0.241 e. The molecule has 0 spiro atoms. The van der Waals surface area contributed by atoms with E-state index in [9.17, 15) is 0 Å². The van der Waals surface area contributed by atoms with Crippen LogP contribution in [0.25, 0.3) is 0 Å². The fourth-order valence-corrected chi connectivity index (χ4v) is 2.95. The van der Waals surface area contributed by atoms with Crippen LogP contribution < -0.4 is 0 Å². The van der Waals surface area contributed by atoms with E-state index in [0.29, 0.717) is 5.41 Å². The van der Waals surface area contributed by atoms with E-state index in [1.54, 1.807) is 5.57 Å². The lowest BCUT2D eigenvalue weighted by Crippen LogP contribution is -2.19. The van der Waals surface area contributed by atoms with Crippen molar-refractivity contribution in [2.45, 2.75) is 53.9 Å². The van der Waals surface area contributed by atoms with Gasteiger partial charge in [0.1, 0.15) is 14.1 Å². The first-order valence-electron chi connectivity index (χ1n) is 8.64. The highest BCUT2D eigenvalue weighted by Gasteiger charge is 2.26. The molecule has 0 fully saturated rings. The second kappa shape index (κ2) is 8.86. The first-order valence-corrected chi connectivity index (χ1v) is 8.64. The Morgan fingerprint density at radius 1 is 1.04 bits per heavy atom. The second-order valence-electron chi connectivity index (χ2n) is 7.56. The smallest absolute Gasteiger partial charge is 0.163 e. The van der Waals surface area contributed by atoms with E-state index in [1.165, 1.54) is 36.0 Å². The van der Waals surface area contributed by atoms with Crippen LogP contribution in [0.5, 0.6) is 0 Å². The summed E-state index contributed by atoms with van der Waals surface area (Å²) in [6.45, 7) is 11.3. The molecule has 0 amide bonds. The molecule has 0 saturated carbocycles. The van der Waals surface area contributed by atoms with Crippen LogP contribution in [0.1, 0.15) is 53.9 Å². The van der Waals surface area contributed by atoms with Gasteiger partial charge in [-0.15, -0.1) is 0 Å². The zero-order valence-electron chi connectivity index (χ0n) is 16.1. The van der Waals surface area contributed by atoms with Crippen molar-refractivity contribution in [2.24, 2.45) is 5.41 Å². The SMILES string of the molecule is CC1=C(/C=C/C(C)=C/C=C/C(C)=C/C=[N+](C)C)C(C)(C)CCC1. The fraction of sp³-hybridized carbons (Fsp3) is 0.500. The van der Waals surface area contributed by atoms with Gasteiger partial charge in [0, 0.05) is 6.08 Å². The van der Waals surface area contributed by atoms with Crippen LogP contribution in [-0.4, -0.2) is 24.9 Å². The van der Waals surface area contributed by atoms with E-state index < -0.39 is 0 Å². The Labute approximate surface area is 143 Å². The lowest BCUT2D eigenvalue weighted by atomic mass is 9.72. The number of rotatable bonds is 5. The van der Waals surface area contributed by atoms with Crippen molar-refractivity contribution < 1.29 is 4.58 Å². The number of nitrogens with zero attached hydrogens (tertiary/aromatic N) is 1. The monoisotopic (exact) mass is 312 g/mol. The summed E-state index contributed by atoms with van der Waals surface area (Å²) in [5.41, 5.74) is 5.93. The van der Waals surface area contributed by atoms with Crippen molar-refractivity contribution >= 4 is 6.21 Å². The maximum Gasteiger partial charge on any atom is 0.163 e. The maximum absolute atomic E-state index is 2.36. The first kappa shape index (κ1) is 19.4. The molecule has 0 atom stereocenters. The van der Waals surface area contributed by atoms with Gasteiger partial charge in [0.15, 0.2) is 6.21 Å². The average molecular weight is 313 g/mol. The van der Waals surface area contributed by atoms with Crippen LogP contribution in [0.3, 0.4) is 0 Å². The van der Waals surface area contributed by atoms with Gasteiger partial charge >= 0.3 is 0 Å². The third-order valence-electron chi connectivity index (χ3n) is 4.41. The molecule has 23 heavy (non-hydrogen) atoms. The van der Waals surface area contributed by atoms with Crippen molar-refractivity contribution in [1.82, 2.24) is 0 Å². The van der Waals surface area contributed by atoms with Crippen LogP contribution in [-0.2, 0) is 0 Å². The fourth-order valence-electron chi connectivity index (χ4n) is 2.95. The van der Waals surface area contributed by atoms with Crippen LogP contribution >= 0.6 is 0 Å². The molecule has 1 aliphatic carbocycles. The van der Waals surface area contributed by atoms with Gasteiger partial charge in [-0.3, -0.25) is 0 Å². The normalized spacial score (nSPS) is 19.8. The van der Waals surface area contributed by atoms with Gasteiger partial charge < -0.3 is 0 Å². The van der Waals surface area contributed by atoms with Gasteiger partial charge in [-0.1, -0.05) is 55.4 Å². The second-order valence-corrected chi connectivity index (χ2v) is 7.56. The summed E-state index contributed by atoms with van der Waals surface area (Å²) in [5.74, 6) is 0. The number of allylic oxidation sites excluding steroid dienone is 10. The predicted octanol–water partition coefficient (Wildman–Crippen LogP) is 5.86. The summed E-state index contributed by atoms with van der Waals surface area (Å²) in [5, 5.41) is 0. The molecule has 0 aliphatic heterocycles. The van der Waals surface area contributed by atoms with Crippen LogP contribution in [0.15, 0.2) is 58.7 Å². The molecule has 1 rings (SSSR count). The predicted molar refractivity (Wildman–Crippen MR) is 104 cm³/mol. The van der Waals surface area contributed by atoms with Crippen LogP contribution in [0.2, 0.25) is 0 Å². The summed E-state index contributed by atoms with van der Waals surface area (Å²) in [6.07, 6.45) is 19.1. The molecular formula is C22H34N+. The molecule has 1 aliphatic rings. The molecule has 0 N–H and O–H groups in total. The Balaban J connectivity index is 2.77. The first-order chi connectivity index (χ1) is 10.7. The Kier molecular flexibility index (Phi) is 7.48. The van der Waals surface area contributed by atoms with E-state index in [0.717, 1.165) is 0 Å². The molecule has 0 aromatic heterocycles. The van der Waals surface area contributed by atoms with Gasteiger partial charge in [-0.05, 0) is 56.6 Å². The largest absolute Gasteiger partial charge is 0.241 e. The van der Waals surface area contributed by atoms with Crippen molar-refractivity contribution in [3.63, 3.8) is 0 Å². The molecule has 0 aromatic carbocycles. The van der Waals surface area contributed by atoms with Crippen molar-refractivity contribution in [3.8, 4) is 0 Å². The summed E-state index contributed by atoms with van der Waals surface area (Å²) >= 11 is 0. The van der Waals surface area contributed by atoms with Crippen molar-refractivity contribution in [2.75, 3.05) is 14.1 Å². The van der Waals surface area contributed by atoms with Gasteiger partial charge in [-0.2, -0.15) is 0 Å². The van der Waals surface area contributed by atoms with Crippen molar-refractivity contribution in [1.29, 1.82) is 0 Å². The van der Waals surface area contributed by atoms with E-state index in [4.69, 9.17) is 0 Å². The maximum atomic E-state index is 2.36. The Bertz CT molecular complexity index is 585. The molecule has 0 saturated heterocycles. The topological polar surface area (TPSA) is 3.01 Å². The lowest BCUT2D eigenvalue weighted by Gasteiger charge is -2.32. The van der Waals surface area contributed by atoms with Gasteiger partial charge in [-0.25, -0.2) is 4.58 Å². The summed E-state index contributed by atoms with van der Waals surface area (Å²) in [6, 6.07) is 0. The van der Waals surface area contributed by atoms with E-state index in [2.05, 4.69) is 77.3 Å². The third kappa shape index (κ3) is 6.99. The van der Waals surface area contributed by atoms with E-state index >= 15 is 0 Å². The number of hydrogen-bond donors (Lipinski definition) is 0. The minimum atomic E-state index is 0.316.